The third kappa shape index (κ3) is 4.52. The van der Waals surface area contributed by atoms with Crippen molar-refractivity contribution in [2.24, 2.45) is 22.7 Å². The van der Waals surface area contributed by atoms with E-state index in [1.165, 1.54) is 25.1 Å². The molecule has 0 aromatic heterocycles. The van der Waals surface area contributed by atoms with Crippen LogP contribution in [0.15, 0.2) is 66.3 Å². The van der Waals surface area contributed by atoms with Crippen LogP contribution in [-0.4, -0.2) is 69.2 Å². The Morgan fingerprint density at radius 2 is 1.83 bits per heavy atom. The summed E-state index contributed by atoms with van der Waals surface area (Å²) < 4.78 is 46.4. The summed E-state index contributed by atoms with van der Waals surface area (Å²) in [5.41, 5.74) is -3.68. The van der Waals surface area contributed by atoms with Gasteiger partial charge in [-0.25, -0.2) is 8.78 Å². The number of ketones is 2. The van der Waals surface area contributed by atoms with Gasteiger partial charge in [0.1, 0.15) is 18.5 Å². The van der Waals surface area contributed by atoms with Gasteiger partial charge in [-0.2, -0.15) is 0 Å². The highest BCUT2D eigenvalue weighted by Gasteiger charge is 2.80. The molecule has 256 valence electrons. The van der Waals surface area contributed by atoms with Crippen LogP contribution in [0.5, 0.6) is 5.75 Å². The van der Waals surface area contributed by atoms with E-state index in [4.69, 9.17) is 9.47 Å². The Morgan fingerprint density at radius 3 is 2.50 bits per heavy atom. The molecule has 4 fully saturated rings. The summed E-state index contributed by atoms with van der Waals surface area (Å²) in [5, 5.41) is 36.3. The monoisotopic (exact) mass is 663 g/mol. The molecular formula is C38H43F2NO7. The molecule has 48 heavy (non-hydrogen) atoms. The lowest BCUT2D eigenvalue weighted by Crippen LogP contribution is -2.70. The zero-order valence-electron chi connectivity index (χ0n) is 27.6. The van der Waals surface area contributed by atoms with Gasteiger partial charge in [-0.15, -0.1) is 0 Å². The van der Waals surface area contributed by atoms with E-state index < -0.39 is 76.8 Å². The van der Waals surface area contributed by atoms with E-state index in [1.54, 1.807) is 19.1 Å². The molecule has 7 rings (SSSR count). The van der Waals surface area contributed by atoms with Crippen molar-refractivity contribution >= 4 is 17.3 Å². The molecule has 3 saturated carbocycles. The van der Waals surface area contributed by atoms with Crippen molar-refractivity contribution in [3.05, 3.63) is 83.0 Å². The largest absolute Gasteiger partial charge is 0.508 e. The molecule has 10 atom stereocenters. The van der Waals surface area contributed by atoms with E-state index in [9.17, 15) is 24.9 Å². The van der Waals surface area contributed by atoms with Gasteiger partial charge in [-0.3, -0.25) is 9.59 Å². The summed E-state index contributed by atoms with van der Waals surface area (Å²) in [6.07, 6.45) is -1.39. The third-order valence-electron chi connectivity index (χ3n) is 12.1. The van der Waals surface area contributed by atoms with Gasteiger partial charge in [-0.1, -0.05) is 37.3 Å². The van der Waals surface area contributed by atoms with Crippen molar-refractivity contribution < 1.29 is 43.2 Å². The number of aliphatic hydroxyl groups is 2. The molecule has 0 unspecified atom stereocenters. The number of anilines is 1. The number of phenols is 1. The van der Waals surface area contributed by atoms with Crippen molar-refractivity contribution in [2.45, 2.75) is 95.4 Å². The first-order chi connectivity index (χ1) is 22.7. The molecular weight excluding hydrogens is 620 g/mol. The Kier molecular flexibility index (Phi) is 7.79. The number of aliphatic hydroxyl groups excluding tert-OH is 2. The van der Waals surface area contributed by atoms with E-state index in [-0.39, 0.29) is 30.6 Å². The first-order valence-corrected chi connectivity index (χ1v) is 16.8. The Labute approximate surface area is 278 Å². The molecule has 0 spiro atoms. The third-order valence-corrected chi connectivity index (χ3v) is 12.1. The lowest BCUT2D eigenvalue weighted by atomic mass is 9.44. The number of benzene rings is 2. The van der Waals surface area contributed by atoms with Crippen LogP contribution in [0.3, 0.4) is 0 Å². The van der Waals surface area contributed by atoms with Gasteiger partial charge in [0.15, 0.2) is 29.1 Å². The van der Waals surface area contributed by atoms with E-state index in [0.29, 0.717) is 23.6 Å². The molecule has 5 aliphatic rings. The van der Waals surface area contributed by atoms with Gasteiger partial charge in [0, 0.05) is 40.5 Å². The summed E-state index contributed by atoms with van der Waals surface area (Å²) >= 11 is 0. The van der Waals surface area contributed by atoms with E-state index >= 15 is 8.78 Å². The Bertz CT molecular complexity index is 1710. The fourth-order valence-corrected chi connectivity index (χ4v) is 9.86. The van der Waals surface area contributed by atoms with Crippen LogP contribution in [0, 0.1) is 22.7 Å². The first kappa shape index (κ1) is 33.1. The van der Waals surface area contributed by atoms with Gasteiger partial charge < -0.3 is 30.1 Å². The Hall–Kier alpha value is -3.44. The average Bonchev–Trinajstić information content (AvgIpc) is 3.54. The van der Waals surface area contributed by atoms with Crippen molar-refractivity contribution in [3.63, 3.8) is 0 Å². The Morgan fingerprint density at radius 1 is 1.10 bits per heavy atom. The predicted molar refractivity (Wildman–Crippen MR) is 174 cm³/mol. The summed E-state index contributed by atoms with van der Waals surface area (Å²) in [7, 11) is 0. The standard InChI is InChI=1S/C38H43F2NO7/c1-20(2)41-24-9-5-21(6-10-24)13-22-7-8-23(14-30(22)44)34-47-33-17-26-27-16-29(39)28-15-25(43)11-12-35(28,3)37(27,40)31(45)18-36(26,4)38(33,48-34)32(46)19-42/h5-12,14-15,20,26-27,29,31,33-34,41-42,44-45H,13,16-19H2,1-4H3/t26-,27-,29-,31-,33+,34+,35-,36-,37-,38+/m0/s1. The lowest BCUT2D eigenvalue weighted by Gasteiger charge is -2.63. The molecule has 2 aromatic carbocycles. The molecule has 4 N–H and O–H groups in total. The Balaban J connectivity index is 1.18. The number of carbonyl (C=O) groups excluding carboxylic acids is 2. The van der Waals surface area contributed by atoms with Crippen LogP contribution in [-0.2, 0) is 25.5 Å². The minimum Gasteiger partial charge on any atom is -0.508 e. The zero-order chi connectivity index (χ0) is 34.4. The number of nitrogens with one attached hydrogen (secondary N) is 1. The number of alkyl halides is 2. The predicted octanol–water partition coefficient (Wildman–Crippen LogP) is 5.45. The molecule has 0 amide bonds. The second-order valence-electron chi connectivity index (χ2n) is 15.0. The van der Waals surface area contributed by atoms with Crippen molar-refractivity contribution in [3.8, 4) is 5.75 Å². The van der Waals surface area contributed by atoms with Crippen LogP contribution >= 0.6 is 0 Å². The molecule has 10 heteroatoms. The molecule has 4 aliphatic carbocycles. The van der Waals surface area contributed by atoms with Crippen molar-refractivity contribution in [2.75, 3.05) is 11.9 Å². The minimum absolute atomic E-state index is 0.0201. The number of halogens is 2. The first-order valence-electron chi connectivity index (χ1n) is 16.8. The average molecular weight is 664 g/mol. The summed E-state index contributed by atoms with van der Waals surface area (Å²) in [4.78, 5) is 25.9. The molecule has 0 radical (unpaired) electrons. The van der Waals surface area contributed by atoms with Crippen molar-refractivity contribution in [1.29, 1.82) is 0 Å². The number of ether oxygens (including phenoxy) is 2. The number of aromatic hydroxyl groups is 1. The maximum atomic E-state index is 17.6. The SMILES string of the molecule is CC(C)Nc1ccc(Cc2ccc([C@@H]3O[C@@H]4C[C@H]5[C@@H]6C[C@H](F)C7=CC(=O)C=C[C@]7(C)[C@@]6(F)[C@@H](O)C[C@]5(C)[C@]4(C(=O)CO)O3)cc2O)cc1. The topological polar surface area (TPSA) is 125 Å². The molecule has 1 aliphatic heterocycles. The maximum absolute atomic E-state index is 17.6. The molecule has 2 aromatic rings. The van der Waals surface area contributed by atoms with Crippen LogP contribution < -0.4 is 5.32 Å². The van der Waals surface area contributed by atoms with E-state index in [2.05, 4.69) is 19.2 Å². The number of carbonyl (C=O) groups is 2. The summed E-state index contributed by atoms with van der Waals surface area (Å²) in [6, 6.07) is 13.3. The molecule has 1 heterocycles. The van der Waals surface area contributed by atoms with Gasteiger partial charge in [0.25, 0.3) is 0 Å². The number of hydrogen-bond acceptors (Lipinski definition) is 8. The number of Topliss-reactive ketones (excluding diaryl/α,β-unsaturated/α-hetero) is 1. The second-order valence-corrected chi connectivity index (χ2v) is 15.0. The van der Waals surface area contributed by atoms with Gasteiger partial charge in [0.05, 0.1) is 12.2 Å². The highest BCUT2D eigenvalue weighted by atomic mass is 19.1. The number of hydrogen-bond donors (Lipinski definition) is 4. The van der Waals surface area contributed by atoms with Crippen LogP contribution in [0.4, 0.5) is 14.5 Å². The molecule has 8 nitrogen and oxygen atoms in total. The zero-order valence-corrected chi connectivity index (χ0v) is 27.6. The highest BCUT2D eigenvalue weighted by molar-refractivity contribution is 6.01. The van der Waals surface area contributed by atoms with Crippen molar-refractivity contribution in [1.82, 2.24) is 0 Å². The number of rotatable bonds is 7. The summed E-state index contributed by atoms with van der Waals surface area (Å²) in [6.45, 7) is 6.52. The van der Waals surface area contributed by atoms with Crippen LogP contribution in [0.2, 0.25) is 0 Å². The van der Waals surface area contributed by atoms with E-state index in [0.717, 1.165) is 17.3 Å². The number of phenolic OH excluding ortho intramolecular Hbond substituents is 1. The maximum Gasteiger partial charge on any atom is 0.193 e. The quantitative estimate of drug-likeness (QED) is 0.309. The molecule has 1 saturated heterocycles. The number of fused-ring (bicyclic) bond motifs is 7. The fraction of sp³-hybridized carbons (Fsp3) is 0.526. The van der Waals surface area contributed by atoms with Gasteiger partial charge in [-0.05, 0) is 93.0 Å². The molecule has 0 bridgehead atoms. The minimum atomic E-state index is -2.32. The fourth-order valence-electron chi connectivity index (χ4n) is 9.86. The normalized spacial score (nSPS) is 39.8. The van der Waals surface area contributed by atoms with Crippen LogP contribution in [0.25, 0.3) is 0 Å². The number of allylic oxidation sites excluding steroid dienone is 4. The van der Waals surface area contributed by atoms with E-state index in [1.807, 2.05) is 24.3 Å². The lowest BCUT2D eigenvalue weighted by molar-refractivity contribution is -0.235. The smallest absolute Gasteiger partial charge is 0.193 e. The van der Waals surface area contributed by atoms with Crippen LogP contribution in [0.1, 0.15) is 69.9 Å². The summed E-state index contributed by atoms with van der Waals surface area (Å²) in [5.74, 6) is -2.73. The van der Waals surface area contributed by atoms with Gasteiger partial charge >= 0.3 is 0 Å². The van der Waals surface area contributed by atoms with Gasteiger partial charge in [0.2, 0.25) is 0 Å². The highest BCUT2D eigenvalue weighted by Crippen LogP contribution is 2.72. The second kappa shape index (κ2) is 11.3.